The van der Waals surface area contributed by atoms with Crippen LogP contribution in [0.3, 0.4) is 0 Å². The van der Waals surface area contributed by atoms with Gasteiger partial charge in [-0.15, -0.1) is 0 Å². The molecule has 3 fully saturated rings. The molecule has 1 heterocycles. The Kier molecular flexibility index (Phi) is 4.98. The Balaban J connectivity index is 1.37. The lowest BCUT2D eigenvalue weighted by molar-refractivity contribution is 0.0669. The standard InChI is InChI=1S/C21H29NO3/c1-14(19-12-15-8-9-16(19)11-15)22-21(23)18-6-2-3-7-20(18)25-13-17-5-4-10-24-17/h2-3,6-7,14-17,19H,4-5,8-13H2,1H3,(H,22,23)/t14-,15-,16-,17+,19-/m0/s1. The Bertz CT molecular complexity index is 611. The quantitative estimate of drug-likeness (QED) is 0.855. The molecule has 2 bridgehead atoms. The third-order valence-corrected chi connectivity index (χ3v) is 6.37. The number of carbonyl (C=O) groups excluding carboxylic acids is 1. The smallest absolute Gasteiger partial charge is 0.255 e. The highest BCUT2D eigenvalue weighted by molar-refractivity contribution is 5.97. The van der Waals surface area contributed by atoms with E-state index in [9.17, 15) is 4.79 Å². The summed E-state index contributed by atoms with van der Waals surface area (Å²) in [7, 11) is 0. The number of amides is 1. The summed E-state index contributed by atoms with van der Waals surface area (Å²) in [6.07, 6.45) is 7.67. The van der Waals surface area contributed by atoms with Gasteiger partial charge >= 0.3 is 0 Å². The molecule has 4 heteroatoms. The maximum absolute atomic E-state index is 12.8. The molecule has 2 saturated carbocycles. The van der Waals surface area contributed by atoms with Crippen LogP contribution >= 0.6 is 0 Å². The summed E-state index contributed by atoms with van der Waals surface area (Å²) in [5.74, 6) is 3.00. The number of fused-ring (bicyclic) bond motifs is 2. The first-order valence-electron chi connectivity index (χ1n) is 9.85. The Morgan fingerprint density at radius 2 is 2.16 bits per heavy atom. The third-order valence-electron chi connectivity index (χ3n) is 6.37. The summed E-state index contributed by atoms with van der Waals surface area (Å²) in [6.45, 7) is 3.50. The molecule has 1 N–H and O–H groups in total. The molecule has 0 unspecified atom stereocenters. The number of ether oxygens (including phenoxy) is 2. The first kappa shape index (κ1) is 16.9. The lowest BCUT2D eigenvalue weighted by atomic mass is 9.84. The van der Waals surface area contributed by atoms with Crippen molar-refractivity contribution in [2.75, 3.05) is 13.2 Å². The maximum Gasteiger partial charge on any atom is 0.255 e. The second-order valence-electron chi connectivity index (χ2n) is 8.04. The van der Waals surface area contributed by atoms with Crippen LogP contribution in [0.2, 0.25) is 0 Å². The average molecular weight is 343 g/mol. The van der Waals surface area contributed by atoms with Crippen molar-refractivity contribution in [3.63, 3.8) is 0 Å². The second kappa shape index (κ2) is 7.36. The van der Waals surface area contributed by atoms with Crippen LogP contribution in [0.5, 0.6) is 5.75 Å². The average Bonchev–Trinajstić information content (AvgIpc) is 3.37. The predicted octanol–water partition coefficient (Wildman–Crippen LogP) is 3.80. The molecule has 1 amide bonds. The first-order valence-corrected chi connectivity index (χ1v) is 9.85. The topological polar surface area (TPSA) is 47.6 Å². The number of benzene rings is 1. The summed E-state index contributed by atoms with van der Waals surface area (Å²) < 4.78 is 11.5. The molecule has 0 spiro atoms. The van der Waals surface area contributed by atoms with Crippen molar-refractivity contribution < 1.29 is 14.3 Å². The number of rotatable bonds is 6. The van der Waals surface area contributed by atoms with Gasteiger partial charge in [0.1, 0.15) is 12.4 Å². The van der Waals surface area contributed by atoms with Crippen LogP contribution in [0.15, 0.2) is 24.3 Å². The molecule has 1 aromatic rings. The SMILES string of the molecule is C[C@H](NC(=O)c1ccccc1OC[C@H]1CCCO1)[C@@H]1C[C@H]2CC[C@H]1C2. The van der Waals surface area contributed by atoms with Crippen LogP contribution in [-0.2, 0) is 4.74 Å². The fourth-order valence-electron chi connectivity index (χ4n) is 5.04. The number of hydrogen-bond donors (Lipinski definition) is 1. The van der Waals surface area contributed by atoms with Crippen LogP contribution < -0.4 is 10.1 Å². The van der Waals surface area contributed by atoms with Crippen molar-refractivity contribution in [2.24, 2.45) is 17.8 Å². The third kappa shape index (κ3) is 3.69. The van der Waals surface area contributed by atoms with Crippen molar-refractivity contribution in [1.82, 2.24) is 5.32 Å². The minimum atomic E-state index is -0.0155. The van der Waals surface area contributed by atoms with Gasteiger partial charge in [0.05, 0.1) is 11.7 Å². The van der Waals surface area contributed by atoms with E-state index in [0.717, 1.165) is 31.3 Å². The Hall–Kier alpha value is -1.55. The van der Waals surface area contributed by atoms with Gasteiger partial charge in [0.25, 0.3) is 5.91 Å². The van der Waals surface area contributed by atoms with Gasteiger partial charge in [-0.05, 0) is 68.9 Å². The number of carbonyl (C=O) groups is 1. The van der Waals surface area contributed by atoms with E-state index in [1.165, 1.54) is 25.7 Å². The van der Waals surface area contributed by atoms with Crippen molar-refractivity contribution in [1.29, 1.82) is 0 Å². The normalized spacial score (nSPS) is 31.9. The summed E-state index contributed by atoms with van der Waals surface area (Å²) in [5, 5.41) is 3.24. The predicted molar refractivity (Wildman–Crippen MR) is 96.8 cm³/mol. The lowest BCUT2D eigenvalue weighted by Gasteiger charge is -2.28. The van der Waals surface area contributed by atoms with Gasteiger partial charge in [-0.2, -0.15) is 0 Å². The van der Waals surface area contributed by atoms with Gasteiger partial charge in [-0.3, -0.25) is 4.79 Å². The molecule has 2 aliphatic carbocycles. The lowest BCUT2D eigenvalue weighted by Crippen LogP contribution is -2.40. The van der Waals surface area contributed by atoms with Crippen molar-refractivity contribution in [3.8, 4) is 5.75 Å². The molecule has 25 heavy (non-hydrogen) atoms. The van der Waals surface area contributed by atoms with Crippen molar-refractivity contribution >= 4 is 5.91 Å². The molecule has 4 rings (SSSR count). The van der Waals surface area contributed by atoms with Gasteiger partial charge in [0.2, 0.25) is 0 Å². The van der Waals surface area contributed by atoms with Crippen molar-refractivity contribution in [3.05, 3.63) is 29.8 Å². The summed E-state index contributed by atoms with van der Waals surface area (Å²) in [4.78, 5) is 12.8. The van der Waals surface area contributed by atoms with E-state index >= 15 is 0 Å². The molecule has 4 nitrogen and oxygen atoms in total. The number of para-hydroxylation sites is 1. The van der Waals surface area contributed by atoms with E-state index in [4.69, 9.17) is 9.47 Å². The van der Waals surface area contributed by atoms with E-state index in [2.05, 4.69) is 12.2 Å². The van der Waals surface area contributed by atoms with Crippen molar-refractivity contribution in [2.45, 2.75) is 57.6 Å². The molecule has 1 aromatic carbocycles. The Morgan fingerprint density at radius 1 is 1.28 bits per heavy atom. The maximum atomic E-state index is 12.8. The summed E-state index contributed by atoms with van der Waals surface area (Å²) >= 11 is 0. The molecule has 0 radical (unpaired) electrons. The molecule has 1 saturated heterocycles. The van der Waals surface area contributed by atoms with Crippen LogP contribution in [-0.4, -0.2) is 31.3 Å². The van der Waals surface area contributed by atoms with Crippen LogP contribution in [0.4, 0.5) is 0 Å². The fourth-order valence-corrected chi connectivity index (χ4v) is 5.04. The van der Waals surface area contributed by atoms with E-state index in [0.29, 0.717) is 23.8 Å². The molecular formula is C21H29NO3. The first-order chi connectivity index (χ1) is 12.2. The van der Waals surface area contributed by atoms with E-state index in [1.54, 1.807) is 0 Å². The zero-order valence-corrected chi connectivity index (χ0v) is 15.1. The monoisotopic (exact) mass is 343 g/mol. The summed E-state index contributed by atoms with van der Waals surface area (Å²) in [5.41, 5.74) is 0.635. The zero-order chi connectivity index (χ0) is 17.2. The highest BCUT2D eigenvalue weighted by Crippen LogP contribution is 2.49. The van der Waals surface area contributed by atoms with Gasteiger partial charge in [-0.25, -0.2) is 0 Å². The van der Waals surface area contributed by atoms with E-state index in [1.807, 2.05) is 24.3 Å². The minimum Gasteiger partial charge on any atom is -0.490 e. The van der Waals surface area contributed by atoms with Gasteiger partial charge in [0, 0.05) is 12.6 Å². The molecule has 136 valence electrons. The van der Waals surface area contributed by atoms with Crippen LogP contribution in [0.25, 0.3) is 0 Å². The van der Waals surface area contributed by atoms with E-state index < -0.39 is 0 Å². The molecule has 0 aromatic heterocycles. The Labute approximate surface area is 150 Å². The highest BCUT2D eigenvalue weighted by atomic mass is 16.5. The molecule has 5 atom stereocenters. The fraction of sp³-hybridized carbons (Fsp3) is 0.667. The number of nitrogens with one attached hydrogen (secondary N) is 1. The summed E-state index contributed by atoms with van der Waals surface area (Å²) in [6, 6.07) is 7.78. The van der Waals surface area contributed by atoms with Crippen LogP contribution in [0, 0.1) is 17.8 Å². The molecule has 1 aliphatic heterocycles. The minimum absolute atomic E-state index is 0.0155. The van der Waals surface area contributed by atoms with E-state index in [-0.39, 0.29) is 18.1 Å². The van der Waals surface area contributed by atoms with Gasteiger partial charge in [0.15, 0.2) is 0 Å². The second-order valence-corrected chi connectivity index (χ2v) is 8.04. The highest BCUT2D eigenvalue weighted by Gasteiger charge is 2.42. The molecular weight excluding hydrogens is 314 g/mol. The Morgan fingerprint density at radius 3 is 2.88 bits per heavy atom. The van der Waals surface area contributed by atoms with Crippen LogP contribution in [0.1, 0.15) is 55.8 Å². The van der Waals surface area contributed by atoms with Gasteiger partial charge < -0.3 is 14.8 Å². The largest absolute Gasteiger partial charge is 0.490 e. The zero-order valence-electron chi connectivity index (χ0n) is 15.1. The molecule has 3 aliphatic rings. The number of hydrogen-bond acceptors (Lipinski definition) is 3. The van der Waals surface area contributed by atoms with Gasteiger partial charge in [-0.1, -0.05) is 18.6 Å².